The number of carbonyl (C=O) groups is 2. The SMILES string of the molecule is C=COC(=O)C/C(=C\C)C(=O)OC=C. The zero-order chi connectivity index (χ0) is 11.0. The van der Waals surface area contributed by atoms with Crippen LogP contribution in [0, 0.1) is 0 Å². The van der Waals surface area contributed by atoms with Crippen molar-refractivity contribution in [1.82, 2.24) is 0 Å². The summed E-state index contributed by atoms with van der Waals surface area (Å²) in [6.45, 7) is 8.08. The van der Waals surface area contributed by atoms with E-state index in [9.17, 15) is 9.59 Å². The van der Waals surface area contributed by atoms with Crippen molar-refractivity contribution in [2.24, 2.45) is 0 Å². The first-order valence-corrected chi connectivity index (χ1v) is 3.93. The first-order valence-electron chi connectivity index (χ1n) is 3.93. The van der Waals surface area contributed by atoms with E-state index in [2.05, 4.69) is 22.6 Å². The fourth-order valence-corrected chi connectivity index (χ4v) is 0.734. The minimum atomic E-state index is -0.608. The van der Waals surface area contributed by atoms with Crippen LogP contribution in [0.5, 0.6) is 0 Å². The Morgan fingerprint density at radius 2 is 1.79 bits per heavy atom. The topological polar surface area (TPSA) is 52.6 Å². The van der Waals surface area contributed by atoms with Crippen molar-refractivity contribution in [1.29, 1.82) is 0 Å². The van der Waals surface area contributed by atoms with Crippen LogP contribution in [0.2, 0.25) is 0 Å². The van der Waals surface area contributed by atoms with Crippen LogP contribution in [0.3, 0.4) is 0 Å². The summed E-state index contributed by atoms with van der Waals surface area (Å²) in [6.07, 6.45) is 3.35. The van der Waals surface area contributed by atoms with Crippen LogP contribution < -0.4 is 0 Å². The Hall–Kier alpha value is -1.84. The van der Waals surface area contributed by atoms with E-state index >= 15 is 0 Å². The molecule has 0 rings (SSSR count). The molecule has 0 saturated heterocycles. The maximum Gasteiger partial charge on any atom is 0.339 e. The van der Waals surface area contributed by atoms with E-state index in [0.29, 0.717) is 0 Å². The Morgan fingerprint density at radius 1 is 1.21 bits per heavy atom. The molecular weight excluding hydrogens is 184 g/mol. The van der Waals surface area contributed by atoms with Crippen molar-refractivity contribution in [3.05, 3.63) is 37.3 Å². The van der Waals surface area contributed by atoms with Crippen molar-refractivity contribution < 1.29 is 19.1 Å². The summed E-state index contributed by atoms with van der Waals surface area (Å²) >= 11 is 0. The quantitative estimate of drug-likeness (QED) is 0.381. The van der Waals surface area contributed by atoms with Crippen LogP contribution >= 0.6 is 0 Å². The maximum absolute atomic E-state index is 11.1. The summed E-state index contributed by atoms with van der Waals surface area (Å²) in [5, 5.41) is 0. The monoisotopic (exact) mass is 196 g/mol. The van der Waals surface area contributed by atoms with Crippen LogP contribution in [-0.2, 0) is 19.1 Å². The third-order valence-corrected chi connectivity index (χ3v) is 1.35. The maximum atomic E-state index is 11.1. The van der Waals surface area contributed by atoms with Gasteiger partial charge in [-0.1, -0.05) is 19.2 Å². The molecule has 4 heteroatoms. The number of allylic oxidation sites excluding steroid dienone is 1. The Balaban J connectivity index is 4.30. The van der Waals surface area contributed by atoms with Crippen molar-refractivity contribution in [3.63, 3.8) is 0 Å². The van der Waals surface area contributed by atoms with E-state index in [4.69, 9.17) is 0 Å². The van der Waals surface area contributed by atoms with Crippen LogP contribution in [-0.4, -0.2) is 11.9 Å². The number of rotatable bonds is 5. The van der Waals surface area contributed by atoms with Gasteiger partial charge in [-0.3, -0.25) is 4.79 Å². The predicted molar refractivity (Wildman–Crippen MR) is 51.0 cm³/mol. The van der Waals surface area contributed by atoms with E-state index in [1.807, 2.05) is 0 Å². The van der Waals surface area contributed by atoms with Gasteiger partial charge in [0.2, 0.25) is 0 Å². The van der Waals surface area contributed by atoms with Crippen molar-refractivity contribution in [3.8, 4) is 0 Å². The molecule has 0 atom stereocenters. The van der Waals surface area contributed by atoms with Crippen LogP contribution in [0.4, 0.5) is 0 Å². The molecule has 0 aliphatic heterocycles. The largest absolute Gasteiger partial charge is 0.435 e. The molecule has 0 fully saturated rings. The lowest BCUT2D eigenvalue weighted by atomic mass is 10.2. The molecule has 0 N–H and O–H groups in total. The zero-order valence-electron chi connectivity index (χ0n) is 7.99. The number of ether oxygens (including phenoxy) is 2. The summed E-state index contributed by atoms with van der Waals surface area (Å²) in [4.78, 5) is 22.1. The van der Waals surface area contributed by atoms with Crippen LogP contribution in [0.1, 0.15) is 13.3 Å². The fraction of sp³-hybridized carbons (Fsp3) is 0.200. The second-order valence-electron chi connectivity index (χ2n) is 2.22. The van der Waals surface area contributed by atoms with Gasteiger partial charge in [-0.15, -0.1) is 0 Å². The Labute approximate surface area is 82.5 Å². The summed E-state index contributed by atoms with van der Waals surface area (Å²) in [5.41, 5.74) is 0.219. The molecule has 0 unspecified atom stereocenters. The molecule has 0 saturated carbocycles. The average Bonchev–Trinajstić information content (AvgIpc) is 2.15. The third kappa shape index (κ3) is 4.25. The highest BCUT2D eigenvalue weighted by Gasteiger charge is 2.13. The number of hydrogen-bond donors (Lipinski definition) is 0. The number of hydrogen-bond acceptors (Lipinski definition) is 4. The highest BCUT2D eigenvalue weighted by atomic mass is 16.5. The predicted octanol–water partition coefficient (Wildman–Crippen LogP) is 1.70. The van der Waals surface area contributed by atoms with Gasteiger partial charge in [0.15, 0.2) is 0 Å². The lowest BCUT2D eigenvalue weighted by molar-refractivity contribution is -0.140. The van der Waals surface area contributed by atoms with E-state index < -0.39 is 11.9 Å². The fourth-order valence-electron chi connectivity index (χ4n) is 0.734. The minimum absolute atomic E-state index is 0.144. The van der Waals surface area contributed by atoms with Crippen molar-refractivity contribution in [2.75, 3.05) is 0 Å². The normalized spacial score (nSPS) is 10.2. The average molecular weight is 196 g/mol. The second kappa shape index (κ2) is 6.65. The summed E-state index contributed by atoms with van der Waals surface area (Å²) < 4.78 is 8.95. The third-order valence-electron chi connectivity index (χ3n) is 1.35. The zero-order valence-corrected chi connectivity index (χ0v) is 7.99. The second-order valence-corrected chi connectivity index (χ2v) is 2.22. The first kappa shape index (κ1) is 12.2. The van der Waals surface area contributed by atoms with Crippen molar-refractivity contribution in [2.45, 2.75) is 13.3 Å². The molecule has 0 heterocycles. The van der Waals surface area contributed by atoms with Gasteiger partial charge >= 0.3 is 11.9 Å². The standard InChI is InChI=1S/C10H12O4/c1-4-8(10(12)14-6-3)7-9(11)13-5-2/h4-6H,2-3,7H2,1H3/b8-4+. The summed E-state index contributed by atoms with van der Waals surface area (Å²) in [7, 11) is 0. The molecule has 0 bridgehead atoms. The Bertz CT molecular complexity index is 276. The molecule has 0 aliphatic carbocycles. The van der Waals surface area contributed by atoms with Gasteiger partial charge < -0.3 is 9.47 Å². The van der Waals surface area contributed by atoms with Crippen LogP contribution in [0.25, 0.3) is 0 Å². The molecule has 4 nitrogen and oxygen atoms in total. The van der Waals surface area contributed by atoms with Gasteiger partial charge in [0.1, 0.15) is 0 Å². The van der Waals surface area contributed by atoms with Gasteiger partial charge in [0.25, 0.3) is 0 Å². The van der Waals surface area contributed by atoms with Gasteiger partial charge in [-0.2, -0.15) is 0 Å². The van der Waals surface area contributed by atoms with Gasteiger partial charge in [-0.25, -0.2) is 4.79 Å². The van der Waals surface area contributed by atoms with E-state index in [0.717, 1.165) is 12.5 Å². The lowest BCUT2D eigenvalue weighted by Crippen LogP contribution is -2.10. The molecule has 0 spiro atoms. The van der Waals surface area contributed by atoms with Crippen LogP contribution in [0.15, 0.2) is 37.3 Å². The summed E-state index contributed by atoms with van der Waals surface area (Å²) in [5.74, 6) is -1.17. The van der Waals surface area contributed by atoms with Gasteiger partial charge in [-0.05, 0) is 6.92 Å². The van der Waals surface area contributed by atoms with Gasteiger partial charge in [0, 0.05) is 5.57 Å². The lowest BCUT2D eigenvalue weighted by Gasteiger charge is -2.02. The molecule has 0 aliphatic rings. The smallest absolute Gasteiger partial charge is 0.339 e. The molecule has 0 aromatic heterocycles. The molecule has 0 amide bonds. The van der Waals surface area contributed by atoms with E-state index in [1.165, 1.54) is 6.08 Å². The highest BCUT2D eigenvalue weighted by molar-refractivity contribution is 5.94. The molecule has 0 aromatic rings. The summed E-state index contributed by atoms with van der Waals surface area (Å²) in [6, 6.07) is 0. The number of carbonyl (C=O) groups excluding carboxylic acids is 2. The van der Waals surface area contributed by atoms with E-state index in [-0.39, 0.29) is 12.0 Å². The van der Waals surface area contributed by atoms with Crippen molar-refractivity contribution >= 4 is 11.9 Å². The molecule has 76 valence electrons. The highest BCUT2D eigenvalue weighted by Crippen LogP contribution is 2.05. The Kier molecular flexibility index (Phi) is 5.78. The molecule has 14 heavy (non-hydrogen) atoms. The molecule has 0 aromatic carbocycles. The molecular formula is C10H12O4. The number of esters is 2. The molecule has 0 radical (unpaired) electrons. The Morgan fingerprint density at radius 3 is 2.21 bits per heavy atom. The van der Waals surface area contributed by atoms with Gasteiger partial charge in [0.05, 0.1) is 18.9 Å². The minimum Gasteiger partial charge on any atom is -0.435 e. The first-order chi connectivity index (χ1) is 6.65. The van der Waals surface area contributed by atoms with E-state index in [1.54, 1.807) is 6.92 Å².